The van der Waals surface area contributed by atoms with Crippen molar-refractivity contribution in [3.8, 4) is 0 Å². The summed E-state index contributed by atoms with van der Waals surface area (Å²) in [4.78, 5) is 11.7. The van der Waals surface area contributed by atoms with Crippen molar-refractivity contribution in [2.24, 2.45) is 0 Å². The Balaban J connectivity index is 2.71. The molecular weight excluding hydrogens is 226 g/mol. The van der Waals surface area contributed by atoms with Crippen LogP contribution in [0.1, 0.15) is 23.7 Å². The number of Topliss-reactive ketones (excluding diaryl/α,β-unsaturated/α-hetero) is 1. The van der Waals surface area contributed by atoms with E-state index in [9.17, 15) is 13.2 Å². The molecule has 0 amide bonds. The second-order valence-corrected chi connectivity index (χ2v) is 5.97. The van der Waals surface area contributed by atoms with Crippen LogP contribution in [0.15, 0.2) is 24.3 Å². The van der Waals surface area contributed by atoms with Gasteiger partial charge in [0.25, 0.3) is 0 Å². The van der Waals surface area contributed by atoms with Gasteiger partial charge in [-0.3, -0.25) is 4.79 Å². The molecule has 0 aliphatic carbocycles. The van der Waals surface area contributed by atoms with Gasteiger partial charge in [0.1, 0.15) is 9.84 Å². The van der Waals surface area contributed by atoms with Crippen molar-refractivity contribution >= 4 is 21.3 Å². The van der Waals surface area contributed by atoms with Crippen LogP contribution in [-0.2, 0) is 9.84 Å². The first-order valence-electron chi connectivity index (χ1n) is 5.04. The molecule has 0 saturated heterocycles. The molecule has 88 valence electrons. The summed E-state index contributed by atoms with van der Waals surface area (Å²) in [5.74, 6) is -0.281. The molecule has 0 saturated carbocycles. The monoisotopic (exact) mass is 241 g/mol. The molecule has 0 fully saturated rings. The van der Waals surface area contributed by atoms with Gasteiger partial charge in [0, 0.05) is 23.4 Å². The highest BCUT2D eigenvalue weighted by Gasteiger charge is 2.14. The minimum absolute atomic E-state index is 0.00954. The van der Waals surface area contributed by atoms with Crippen molar-refractivity contribution in [1.82, 2.24) is 0 Å². The van der Waals surface area contributed by atoms with Gasteiger partial charge in [-0.05, 0) is 12.1 Å². The molecule has 1 aromatic carbocycles. The van der Waals surface area contributed by atoms with Crippen molar-refractivity contribution in [2.75, 3.05) is 17.2 Å². The van der Waals surface area contributed by atoms with E-state index in [2.05, 4.69) is 0 Å². The van der Waals surface area contributed by atoms with E-state index in [-0.39, 0.29) is 23.7 Å². The molecule has 16 heavy (non-hydrogen) atoms. The van der Waals surface area contributed by atoms with E-state index >= 15 is 0 Å². The van der Waals surface area contributed by atoms with Crippen LogP contribution >= 0.6 is 0 Å². The number of rotatable bonds is 5. The van der Waals surface area contributed by atoms with Crippen molar-refractivity contribution in [3.63, 3.8) is 0 Å². The number of carbonyl (C=O) groups is 1. The van der Waals surface area contributed by atoms with Gasteiger partial charge < -0.3 is 5.73 Å². The third kappa shape index (κ3) is 3.34. The summed E-state index contributed by atoms with van der Waals surface area (Å²) in [6.07, 6.45) is -0.00954. The van der Waals surface area contributed by atoms with Crippen molar-refractivity contribution in [3.05, 3.63) is 29.8 Å². The number of nitrogen functional groups attached to an aromatic ring is 1. The Morgan fingerprint density at radius 3 is 2.50 bits per heavy atom. The van der Waals surface area contributed by atoms with Crippen molar-refractivity contribution in [1.29, 1.82) is 0 Å². The van der Waals surface area contributed by atoms with Gasteiger partial charge in [0.2, 0.25) is 0 Å². The lowest BCUT2D eigenvalue weighted by Crippen LogP contribution is -2.13. The molecule has 5 heteroatoms. The van der Waals surface area contributed by atoms with Gasteiger partial charge in [-0.15, -0.1) is 0 Å². The Morgan fingerprint density at radius 1 is 1.31 bits per heavy atom. The highest BCUT2D eigenvalue weighted by atomic mass is 32.2. The molecule has 1 rings (SSSR count). The van der Waals surface area contributed by atoms with E-state index in [1.807, 2.05) is 0 Å². The highest BCUT2D eigenvalue weighted by Crippen LogP contribution is 2.13. The molecular formula is C11H15NO3S. The van der Waals surface area contributed by atoms with E-state index in [1.165, 1.54) is 0 Å². The number of para-hydroxylation sites is 1. The average molecular weight is 241 g/mol. The van der Waals surface area contributed by atoms with Crippen LogP contribution in [0.25, 0.3) is 0 Å². The first kappa shape index (κ1) is 12.7. The summed E-state index contributed by atoms with van der Waals surface area (Å²) in [5, 5.41) is 0. The number of sulfone groups is 1. The van der Waals surface area contributed by atoms with Gasteiger partial charge >= 0.3 is 0 Å². The van der Waals surface area contributed by atoms with Gasteiger partial charge in [0.15, 0.2) is 5.78 Å². The number of carbonyl (C=O) groups excluding carboxylic acids is 1. The molecule has 0 atom stereocenters. The van der Waals surface area contributed by atoms with Crippen LogP contribution in [0.4, 0.5) is 5.69 Å². The van der Waals surface area contributed by atoms with Gasteiger partial charge in [-0.25, -0.2) is 8.42 Å². The van der Waals surface area contributed by atoms with Gasteiger partial charge in [-0.2, -0.15) is 0 Å². The molecule has 0 heterocycles. The first-order chi connectivity index (χ1) is 7.46. The van der Waals surface area contributed by atoms with E-state index in [0.717, 1.165) is 0 Å². The van der Waals surface area contributed by atoms with Crippen LogP contribution in [0.5, 0.6) is 0 Å². The number of anilines is 1. The molecule has 4 nitrogen and oxygen atoms in total. The fourth-order valence-electron chi connectivity index (χ4n) is 1.28. The molecule has 0 spiro atoms. The Morgan fingerprint density at radius 2 is 1.94 bits per heavy atom. The number of nitrogens with two attached hydrogens (primary N) is 1. The fourth-order valence-corrected chi connectivity index (χ4v) is 2.06. The minimum atomic E-state index is -3.10. The quantitative estimate of drug-likeness (QED) is 0.622. The zero-order valence-electron chi connectivity index (χ0n) is 9.14. The topological polar surface area (TPSA) is 77.2 Å². The molecule has 0 aromatic heterocycles. The number of ketones is 1. The molecule has 0 aliphatic heterocycles. The molecule has 0 aliphatic rings. The number of hydrogen-bond acceptors (Lipinski definition) is 4. The van der Waals surface area contributed by atoms with E-state index in [4.69, 9.17) is 5.73 Å². The summed E-state index contributed by atoms with van der Waals surface area (Å²) in [6.45, 7) is 1.57. The summed E-state index contributed by atoms with van der Waals surface area (Å²) in [7, 11) is -3.10. The van der Waals surface area contributed by atoms with E-state index in [1.54, 1.807) is 31.2 Å². The number of hydrogen-bond donors (Lipinski definition) is 1. The zero-order chi connectivity index (χ0) is 12.2. The Hall–Kier alpha value is -1.36. The second-order valence-electron chi connectivity index (χ2n) is 3.50. The molecule has 1 aromatic rings. The van der Waals surface area contributed by atoms with E-state index in [0.29, 0.717) is 11.3 Å². The van der Waals surface area contributed by atoms with Crippen molar-refractivity contribution in [2.45, 2.75) is 13.3 Å². The minimum Gasteiger partial charge on any atom is -0.398 e. The Bertz CT molecular complexity index is 480. The summed E-state index contributed by atoms with van der Waals surface area (Å²) >= 11 is 0. The lowest BCUT2D eigenvalue weighted by Gasteiger charge is -2.04. The predicted octanol–water partition coefficient (Wildman–Crippen LogP) is 1.28. The van der Waals surface area contributed by atoms with Crippen molar-refractivity contribution < 1.29 is 13.2 Å². The normalized spacial score (nSPS) is 11.3. The van der Waals surface area contributed by atoms with Crippen LogP contribution in [0.3, 0.4) is 0 Å². The summed E-state index contributed by atoms with van der Waals surface area (Å²) in [6, 6.07) is 6.67. The van der Waals surface area contributed by atoms with Crippen LogP contribution in [-0.4, -0.2) is 25.7 Å². The molecule has 0 unspecified atom stereocenters. The third-order valence-electron chi connectivity index (χ3n) is 2.34. The largest absolute Gasteiger partial charge is 0.398 e. The maximum atomic E-state index is 11.7. The third-order valence-corrected chi connectivity index (χ3v) is 4.05. The average Bonchev–Trinajstić information content (AvgIpc) is 2.27. The predicted molar refractivity (Wildman–Crippen MR) is 64.1 cm³/mol. The smallest absolute Gasteiger partial charge is 0.165 e. The molecule has 2 N–H and O–H groups in total. The van der Waals surface area contributed by atoms with Crippen LogP contribution < -0.4 is 5.73 Å². The Labute approximate surface area is 95.4 Å². The second kappa shape index (κ2) is 5.12. The number of benzene rings is 1. The first-order valence-corrected chi connectivity index (χ1v) is 6.86. The van der Waals surface area contributed by atoms with Crippen LogP contribution in [0, 0.1) is 0 Å². The lowest BCUT2D eigenvalue weighted by atomic mass is 10.1. The highest BCUT2D eigenvalue weighted by molar-refractivity contribution is 7.91. The molecule has 0 bridgehead atoms. The summed E-state index contributed by atoms with van der Waals surface area (Å²) in [5.41, 5.74) is 6.41. The van der Waals surface area contributed by atoms with Gasteiger partial charge in [0.05, 0.1) is 5.75 Å². The SMILES string of the molecule is CCS(=O)(=O)CCC(=O)c1ccccc1N. The van der Waals surface area contributed by atoms with Gasteiger partial charge in [-0.1, -0.05) is 19.1 Å². The maximum absolute atomic E-state index is 11.7. The fraction of sp³-hybridized carbons (Fsp3) is 0.364. The summed E-state index contributed by atoms with van der Waals surface area (Å²) < 4.78 is 22.5. The standard InChI is InChI=1S/C11H15NO3S/c1-2-16(14,15)8-7-11(13)9-5-3-4-6-10(9)12/h3-6H,2,7-8,12H2,1H3. The van der Waals surface area contributed by atoms with E-state index < -0.39 is 9.84 Å². The maximum Gasteiger partial charge on any atom is 0.165 e. The zero-order valence-corrected chi connectivity index (χ0v) is 9.96. The Kier molecular flexibility index (Phi) is 4.06. The molecule has 0 radical (unpaired) electrons. The van der Waals surface area contributed by atoms with Crippen LogP contribution in [0.2, 0.25) is 0 Å². The lowest BCUT2D eigenvalue weighted by molar-refractivity contribution is 0.0989.